The number of hydroxylamine groups is 2. The highest BCUT2D eigenvalue weighted by Crippen LogP contribution is 2.39. The first-order valence-electron chi connectivity index (χ1n) is 35.5. The molecule has 4 atom stereocenters. The van der Waals surface area contributed by atoms with Crippen molar-refractivity contribution in [2.24, 2.45) is 22.6 Å². The van der Waals surface area contributed by atoms with Gasteiger partial charge in [0.1, 0.15) is 16.8 Å². The van der Waals surface area contributed by atoms with Gasteiger partial charge >= 0.3 is 5.97 Å². The first-order valence-corrected chi connectivity index (χ1v) is 35.5. The van der Waals surface area contributed by atoms with Crippen LogP contribution in [-0.2, 0) is 85.7 Å². The summed E-state index contributed by atoms with van der Waals surface area (Å²) in [4.78, 5) is 82.9. The molecule has 576 valence electrons. The first-order chi connectivity index (χ1) is 44.0. The lowest BCUT2D eigenvalue weighted by Crippen LogP contribution is -2.59. The lowest BCUT2D eigenvalue weighted by Gasteiger charge is -2.45. The summed E-state index contributed by atoms with van der Waals surface area (Å²) in [5.41, 5.74) is 6.57. The zero-order valence-corrected chi connectivity index (χ0v) is 66.5. The Hall–Kier alpha value is -3.54. The van der Waals surface area contributed by atoms with Gasteiger partial charge in [-0.15, -0.1) is 5.06 Å². The average molecular weight is 1400 g/mol. The third-order valence-electron chi connectivity index (χ3n) is 17.0. The monoisotopic (exact) mass is 1400 g/mol. The molecule has 1 aliphatic heterocycles. The fraction of sp³-hybridized carbons (Fsp3) is 0.918. The van der Waals surface area contributed by atoms with Gasteiger partial charge in [-0.05, 0) is 232 Å². The summed E-state index contributed by atoms with van der Waals surface area (Å²) in [5, 5.41) is 9.38. The molecule has 0 aromatic rings. The van der Waals surface area contributed by atoms with E-state index in [2.05, 4.69) is 16.0 Å². The van der Waals surface area contributed by atoms with Crippen LogP contribution in [0.3, 0.4) is 0 Å². The van der Waals surface area contributed by atoms with E-state index >= 15 is 0 Å². The number of hydrogen-bond donors (Lipinski definition) is 6. The highest BCUT2D eigenvalue weighted by atomic mass is 16.7. The van der Waals surface area contributed by atoms with Crippen molar-refractivity contribution in [3.63, 3.8) is 0 Å². The fourth-order valence-electron chi connectivity index (χ4n) is 9.71. The van der Waals surface area contributed by atoms with E-state index in [1.807, 2.05) is 132 Å². The molecule has 0 aromatic carbocycles. The third-order valence-corrected chi connectivity index (χ3v) is 17.0. The van der Waals surface area contributed by atoms with Crippen LogP contribution >= 0.6 is 0 Å². The molecular weight excluding hydrogens is 1260 g/mol. The minimum atomic E-state index is -1.26. The van der Waals surface area contributed by atoms with Crippen LogP contribution in [0.15, 0.2) is 0 Å². The molecule has 0 bridgehead atoms. The predicted molar refractivity (Wildman–Crippen MR) is 380 cm³/mol. The minimum Gasteiger partial charge on any atom is -0.376 e. The minimum absolute atomic E-state index is 0.00617. The summed E-state index contributed by atoms with van der Waals surface area (Å²) >= 11 is 0. The number of carbonyl (C=O) groups excluding carboxylic acids is 6. The molecule has 1 aliphatic rings. The van der Waals surface area contributed by atoms with Gasteiger partial charge in [-0.25, -0.2) is 4.79 Å². The smallest absolute Gasteiger partial charge is 0.333 e. The Kier molecular flexibility index (Phi) is 35.1. The molecule has 0 radical (unpaired) electrons. The predicted octanol–water partition coefficient (Wildman–Crippen LogP) is 10.1. The zero-order chi connectivity index (χ0) is 76.1. The van der Waals surface area contributed by atoms with Gasteiger partial charge in [0.2, 0.25) is 0 Å². The summed E-state index contributed by atoms with van der Waals surface area (Å²) < 4.78 is 71.2. The second-order valence-electron chi connectivity index (χ2n) is 35.1. The molecule has 1 heterocycles. The maximum atomic E-state index is 13.8. The van der Waals surface area contributed by atoms with Crippen molar-refractivity contribution < 1.29 is 85.7 Å². The number of nitrogens with two attached hydrogens (primary N) is 3. The van der Waals surface area contributed by atoms with E-state index in [9.17, 15) is 28.8 Å². The number of carbonyl (C=O) groups is 6. The molecule has 1 rings (SSSR count). The van der Waals surface area contributed by atoms with Gasteiger partial charge in [-0.2, -0.15) is 0 Å². The number of ether oxygens (including phenoxy) is 11. The average Bonchev–Trinajstić information content (AvgIpc) is 0.990. The summed E-state index contributed by atoms with van der Waals surface area (Å²) in [7, 11) is 0. The number of rotatable bonds is 49. The third kappa shape index (κ3) is 39.2. The van der Waals surface area contributed by atoms with Crippen LogP contribution in [0.2, 0.25) is 0 Å². The van der Waals surface area contributed by atoms with Crippen molar-refractivity contribution in [1.82, 2.24) is 21.0 Å². The Morgan fingerprint density at radius 3 is 1.01 bits per heavy atom. The van der Waals surface area contributed by atoms with Gasteiger partial charge in [-0.1, -0.05) is 6.92 Å². The zero-order valence-electron chi connectivity index (χ0n) is 66.5. The van der Waals surface area contributed by atoms with E-state index in [1.165, 1.54) is 0 Å². The molecule has 5 amide bonds. The Bertz CT molecular complexity index is 2390. The SMILES string of the molecule is CCC(C)(CCOC(C)(C)C(=O)NC(C)(N)CCOC(C)(C)C)OCC(COC(C)(C)CCOC(C)(C)C(=O)NC(C)(N)CCOC(C)(C)C)(COC(C)(C)CCOC(C)(C)C(=O)NC(C)(N)CCOC(C)(C)C)CC(C)(C)OCCC(C)(C)OCCCC(=O)ON1C(=O)CCC1=O. The maximum absolute atomic E-state index is 13.8. The Balaban J connectivity index is 3.76. The van der Waals surface area contributed by atoms with Crippen LogP contribution in [0.1, 0.15) is 277 Å². The number of hydrogen-bond acceptors (Lipinski definition) is 21. The molecule has 1 saturated heterocycles. The van der Waals surface area contributed by atoms with E-state index in [4.69, 9.17) is 74.1 Å². The van der Waals surface area contributed by atoms with Gasteiger partial charge in [-0.3, -0.25) is 24.0 Å². The number of imide groups is 1. The number of nitrogens with zero attached hydrogens (tertiary/aromatic N) is 1. The summed E-state index contributed by atoms with van der Waals surface area (Å²) in [6.45, 7) is 55.2. The Morgan fingerprint density at radius 2 is 0.673 bits per heavy atom. The van der Waals surface area contributed by atoms with Crippen molar-refractivity contribution in [2.45, 2.75) is 356 Å². The molecule has 25 nitrogen and oxygen atoms in total. The van der Waals surface area contributed by atoms with Crippen molar-refractivity contribution in [2.75, 3.05) is 72.7 Å². The van der Waals surface area contributed by atoms with Crippen molar-refractivity contribution >= 4 is 35.5 Å². The lowest BCUT2D eigenvalue weighted by molar-refractivity contribution is -0.197. The van der Waals surface area contributed by atoms with Crippen LogP contribution in [0.25, 0.3) is 0 Å². The Morgan fingerprint density at radius 1 is 0.378 bits per heavy atom. The summed E-state index contributed by atoms with van der Waals surface area (Å²) in [6, 6.07) is 0. The molecular formula is C73H141N7O18. The number of amides is 5. The normalized spacial score (nSPS) is 17.6. The fourth-order valence-corrected chi connectivity index (χ4v) is 9.71. The van der Waals surface area contributed by atoms with E-state index in [-0.39, 0.29) is 107 Å². The standard InChI is InChI=1S/C73H141N7O18/c1-29-69(25,37-45-94-68(23,24)58(86)79-72(28,76)40-48-89-61(8,9)10)97-52-73(50-95-63(13,14)35-43-92-66(19,20)56(84)77-70(26,74)38-46-87-59(2,3)4,51-96-64(15,16)36-44-93-67(21,22)57(85)78-71(27,75)39-47-88-60(5,6)7)49-65(17,18)91-42-34-62(11,12)90-41-30-31-55(83)98-80-53(81)32-33-54(80)82/h29-52,74-76H2,1-28H3,(H,77,84)(H,78,85)(H,79,86). The van der Waals surface area contributed by atoms with Gasteiger partial charge in [0.05, 0.1) is 134 Å². The summed E-state index contributed by atoms with van der Waals surface area (Å²) in [6.07, 6.45) is 3.88. The van der Waals surface area contributed by atoms with Gasteiger partial charge in [0.25, 0.3) is 29.5 Å². The van der Waals surface area contributed by atoms with Crippen molar-refractivity contribution in [1.29, 1.82) is 0 Å². The van der Waals surface area contributed by atoms with E-state index in [1.54, 1.807) is 62.3 Å². The molecule has 25 heteroatoms. The van der Waals surface area contributed by atoms with Gasteiger partial charge in [0, 0.05) is 44.1 Å². The number of nitrogens with one attached hydrogen (secondary N) is 3. The van der Waals surface area contributed by atoms with Gasteiger partial charge in [0.15, 0.2) is 0 Å². The van der Waals surface area contributed by atoms with Crippen LogP contribution < -0.4 is 33.2 Å². The topological polar surface area (TPSA) is 331 Å². The first kappa shape index (κ1) is 92.5. The molecule has 98 heavy (non-hydrogen) atoms. The highest BCUT2D eigenvalue weighted by Gasteiger charge is 2.45. The van der Waals surface area contributed by atoms with E-state index in [0.717, 1.165) is 0 Å². The molecule has 0 spiro atoms. The quantitative estimate of drug-likeness (QED) is 0.0187. The van der Waals surface area contributed by atoms with Crippen LogP contribution in [0, 0.1) is 5.41 Å². The van der Waals surface area contributed by atoms with E-state index in [0.29, 0.717) is 89.1 Å². The molecule has 1 fully saturated rings. The molecule has 0 aromatic heterocycles. The summed E-state index contributed by atoms with van der Waals surface area (Å²) in [5.74, 6) is -2.90. The highest BCUT2D eigenvalue weighted by molar-refractivity contribution is 6.01. The molecule has 4 unspecified atom stereocenters. The Labute approximate surface area is 591 Å². The van der Waals surface area contributed by atoms with Crippen LogP contribution in [0.5, 0.6) is 0 Å². The maximum Gasteiger partial charge on any atom is 0.333 e. The van der Waals surface area contributed by atoms with Crippen LogP contribution in [0.4, 0.5) is 0 Å². The molecule has 0 aliphatic carbocycles. The molecule has 9 N–H and O–H groups in total. The van der Waals surface area contributed by atoms with Crippen LogP contribution in [-0.4, -0.2) is 192 Å². The second-order valence-corrected chi connectivity index (χ2v) is 35.1. The second kappa shape index (κ2) is 37.2. The molecule has 0 saturated carbocycles. The van der Waals surface area contributed by atoms with Crippen molar-refractivity contribution in [3.05, 3.63) is 0 Å². The largest absolute Gasteiger partial charge is 0.376 e. The van der Waals surface area contributed by atoms with Crippen molar-refractivity contribution in [3.8, 4) is 0 Å². The van der Waals surface area contributed by atoms with Gasteiger partial charge < -0.3 is 90.1 Å². The van der Waals surface area contributed by atoms with E-state index < -0.39 is 85.0 Å². The lowest BCUT2D eigenvalue weighted by atomic mass is 9.79.